The van der Waals surface area contributed by atoms with E-state index < -0.39 is 5.82 Å². The molecule has 0 aromatic heterocycles. The minimum atomic E-state index is -0.424. The SMILES string of the molecule is Cc1ccc(C(=O)N2CCN(C)C(C)C2)c(F)c1. The summed E-state index contributed by atoms with van der Waals surface area (Å²) >= 11 is 0. The number of piperazine rings is 1. The molecular formula is C14H19FN2O. The number of likely N-dealkylation sites (N-methyl/N-ethyl adjacent to an activating group) is 1. The number of rotatable bonds is 1. The monoisotopic (exact) mass is 250 g/mol. The average molecular weight is 250 g/mol. The Morgan fingerprint density at radius 2 is 2.11 bits per heavy atom. The lowest BCUT2D eigenvalue weighted by atomic mass is 10.1. The van der Waals surface area contributed by atoms with Crippen molar-refractivity contribution in [2.24, 2.45) is 0 Å². The van der Waals surface area contributed by atoms with Gasteiger partial charge in [0, 0.05) is 25.7 Å². The molecule has 1 heterocycles. The molecule has 1 aromatic rings. The normalized spacial score (nSPS) is 21.1. The molecule has 98 valence electrons. The molecule has 0 saturated carbocycles. The van der Waals surface area contributed by atoms with Gasteiger partial charge in [-0.05, 0) is 38.6 Å². The third-order valence-electron chi connectivity index (χ3n) is 3.60. The summed E-state index contributed by atoms with van der Waals surface area (Å²) in [6, 6.07) is 5.08. The van der Waals surface area contributed by atoms with E-state index in [4.69, 9.17) is 0 Å². The molecule has 1 unspecified atom stereocenters. The van der Waals surface area contributed by atoms with E-state index in [1.54, 1.807) is 17.0 Å². The number of benzene rings is 1. The van der Waals surface area contributed by atoms with Crippen LogP contribution >= 0.6 is 0 Å². The van der Waals surface area contributed by atoms with Crippen LogP contribution in [-0.2, 0) is 0 Å². The Morgan fingerprint density at radius 1 is 1.39 bits per heavy atom. The Labute approximate surface area is 107 Å². The molecule has 0 bridgehead atoms. The second kappa shape index (κ2) is 5.06. The summed E-state index contributed by atoms with van der Waals surface area (Å²) in [5.74, 6) is -0.626. The fourth-order valence-electron chi connectivity index (χ4n) is 2.20. The van der Waals surface area contributed by atoms with Crippen molar-refractivity contribution in [1.29, 1.82) is 0 Å². The molecule has 2 rings (SSSR count). The molecule has 1 amide bonds. The molecule has 0 spiro atoms. The first kappa shape index (κ1) is 13.0. The molecular weight excluding hydrogens is 231 g/mol. The molecule has 1 aliphatic heterocycles. The van der Waals surface area contributed by atoms with Crippen LogP contribution in [0.2, 0.25) is 0 Å². The van der Waals surface area contributed by atoms with Crippen LogP contribution < -0.4 is 0 Å². The van der Waals surface area contributed by atoms with E-state index in [0.29, 0.717) is 19.1 Å². The van der Waals surface area contributed by atoms with E-state index in [0.717, 1.165) is 12.1 Å². The molecule has 0 N–H and O–H groups in total. The highest BCUT2D eigenvalue weighted by molar-refractivity contribution is 5.94. The van der Waals surface area contributed by atoms with Crippen LogP contribution in [-0.4, -0.2) is 48.4 Å². The lowest BCUT2D eigenvalue weighted by Crippen LogP contribution is -2.52. The predicted octanol–water partition coefficient (Wildman–Crippen LogP) is 1.91. The minimum Gasteiger partial charge on any atom is -0.336 e. The van der Waals surface area contributed by atoms with Crippen LogP contribution in [0.4, 0.5) is 4.39 Å². The van der Waals surface area contributed by atoms with Gasteiger partial charge in [0.15, 0.2) is 0 Å². The van der Waals surface area contributed by atoms with Gasteiger partial charge in [-0.2, -0.15) is 0 Å². The van der Waals surface area contributed by atoms with Gasteiger partial charge in [0.25, 0.3) is 5.91 Å². The number of carbonyl (C=O) groups excluding carboxylic acids is 1. The van der Waals surface area contributed by atoms with Gasteiger partial charge in [-0.25, -0.2) is 4.39 Å². The highest BCUT2D eigenvalue weighted by atomic mass is 19.1. The van der Waals surface area contributed by atoms with Gasteiger partial charge in [0.05, 0.1) is 5.56 Å². The topological polar surface area (TPSA) is 23.6 Å². The molecule has 4 heteroatoms. The van der Waals surface area contributed by atoms with Crippen LogP contribution in [0.1, 0.15) is 22.8 Å². The van der Waals surface area contributed by atoms with E-state index in [1.807, 2.05) is 14.0 Å². The van der Waals surface area contributed by atoms with E-state index >= 15 is 0 Å². The van der Waals surface area contributed by atoms with Crippen LogP contribution in [0, 0.1) is 12.7 Å². The Kier molecular flexibility index (Phi) is 3.66. The molecule has 1 fully saturated rings. The van der Waals surface area contributed by atoms with E-state index in [2.05, 4.69) is 11.8 Å². The maximum atomic E-state index is 13.8. The quantitative estimate of drug-likeness (QED) is 0.760. The number of hydrogen-bond donors (Lipinski definition) is 0. The van der Waals surface area contributed by atoms with Crippen LogP contribution in [0.25, 0.3) is 0 Å². The van der Waals surface area contributed by atoms with Crippen molar-refractivity contribution in [1.82, 2.24) is 9.80 Å². The van der Waals surface area contributed by atoms with Gasteiger partial charge in [-0.3, -0.25) is 4.79 Å². The maximum Gasteiger partial charge on any atom is 0.256 e. The number of hydrogen-bond acceptors (Lipinski definition) is 2. The first-order valence-corrected chi connectivity index (χ1v) is 6.24. The van der Waals surface area contributed by atoms with Gasteiger partial charge >= 0.3 is 0 Å². The van der Waals surface area contributed by atoms with Crippen LogP contribution in [0.5, 0.6) is 0 Å². The minimum absolute atomic E-state index is 0.178. The number of halogens is 1. The first-order chi connectivity index (χ1) is 8.49. The largest absolute Gasteiger partial charge is 0.336 e. The lowest BCUT2D eigenvalue weighted by molar-refractivity contribution is 0.0568. The molecule has 0 aliphatic carbocycles. The average Bonchev–Trinajstić information content (AvgIpc) is 2.32. The second-order valence-corrected chi connectivity index (χ2v) is 5.06. The summed E-state index contributed by atoms with van der Waals surface area (Å²) in [6.45, 7) is 6.04. The fraction of sp³-hybridized carbons (Fsp3) is 0.500. The lowest BCUT2D eigenvalue weighted by Gasteiger charge is -2.37. The zero-order valence-electron chi connectivity index (χ0n) is 11.1. The summed E-state index contributed by atoms with van der Waals surface area (Å²) in [5.41, 5.74) is 1.01. The Hall–Kier alpha value is -1.42. The number of nitrogens with zero attached hydrogens (tertiary/aromatic N) is 2. The zero-order valence-corrected chi connectivity index (χ0v) is 11.1. The van der Waals surface area contributed by atoms with Crippen molar-refractivity contribution in [3.63, 3.8) is 0 Å². The van der Waals surface area contributed by atoms with Crippen LogP contribution in [0.3, 0.4) is 0 Å². The van der Waals surface area contributed by atoms with Gasteiger partial charge in [-0.1, -0.05) is 6.07 Å². The van der Waals surface area contributed by atoms with Crippen molar-refractivity contribution in [2.75, 3.05) is 26.7 Å². The summed E-state index contributed by atoms with van der Waals surface area (Å²) in [5, 5.41) is 0. The molecule has 3 nitrogen and oxygen atoms in total. The highest BCUT2D eigenvalue weighted by Crippen LogP contribution is 2.15. The summed E-state index contributed by atoms with van der Waals surface area (Å²) < 4.78 is 13.8. The summed E-state index contributed by atoms with van der Waals surface area (Å²) in [6.07, 6.45) is 0. The zero-order chi connectivity index (χ0) is 13.3. The Bertz CT molecular complexity index is 461. The fourth-order valence-corrected chi connectivity index (χ4v) is 2.20. The summed E-state index contributed by atoms with van der Waals surface area (Å²) in [7, 11) is 2.04. The smallest absolute Gasteiger partial charge is 0.256 e. The number of carbonyl (C=O) groups is 1. The summed E-state index contributed by atoms with van der Waals surface area (Å²) in [4.78, 5) is 16.2. The molecule has 1 saturated heterocycles. The predicted molar refractivity (Wildman–Crippen MR) is 69.1 cm³/mol. The number of aryl methyl sites for hydroxylation is 1. The molecule has 1 aromatic carbocycles. The van der Waals surface area contributed by atoms with Crippen molar-refractivity contribution in [2.45, 2.75) is 19.9 Å². The van der Waals surface area contributed by atoms with Gasteiger partial charge in [0.2, 0.25) is 0 Å². The number of amides is 1. The van der Waals surface area contributed by atoms with Crippen molar-refractivity contribution in [3.8, 4) is 0 Å². The van der Waals surface area contributed by atoms with Crippen molar-refractivity contribution >= 4 is 5.91 Å². The van der Waals surface area contributed by atoms with Gasteiger partial charge < -0.3 is 9.80 Å². The molecule has 1 aliphatic rings. The third-order valence-corrected chi connectivity index (χ3v) is 3.60. The molecule has 0 radical (unpaired) electrons. The van der Waals surface area contributed by atoms with E-state index in [-0.39, 0.29) is 11.5 Å². The standard InChI is InChI=1S/C14H19FN2O/c1-10-4-5-12(13(15)8-10)14(18)17-7-6-16(3)11(2)9-17/h4-5,8,11H,6-7,9H2,1-3H3. The van der Waals surface area contributed by atoms with E-state index in [1.165, 1.54) is 6.07 Å². The van der Waals surface area contributed by atoms with Crippen LogP contribution in [0.15, 0.2) is 18.2 Å². The Morgan fingerprint density at radius 3 is 2.72 bits per heavy atom. The molecule has 1 atom stereocenters. The highest BCUT2D eigenvalue weighted by Gasteiger charge is 2.26. The van der Waals surface area contributed by atoms with Gasteiger partial charge in [0.1, 0.15) is 5.82 Å². The van der Waals surface area contributed by atoms with Crippen molar-refractivity contribution < 1.29 is 9.18 Å². The van der Waals surface area contributed by atoms with E-state index in [9.17, 15) is 9.18 Å². The molecule has 18 heavy (non-hydrogen) atoms. The second-order valence-electron chi connectivity index (χ2n) is 5.06. The van der Waals surface area contributed by atoms with Gasteiger partial charge in [-0.15, -0.1) is 0 Å². The first-order valence-electron chi connectivity index (χ1n) is 6.24. The third kappa shape index (κ3) is 2.53. The maximum absolute atomic E-state index is 13.8. The van der Waals surface area contributed by atoms with Crippen molar-refractivity contribution in [3.05, 3.63) is 35.1 Å². The Balaban J connectivity index is 2.16.